The summed E-state index contributed by atoms with van der Waals surface area (Å²) in [6, 6.07) is 3.22. The average molecular weight is 341 g/mol. The molecule has 0 amide bonds. The van der Waals surface area contributed by atoms with Crippen LogP contribution in [0.5, 0.6) is 0 Å². The number of sulfonamides is 1. The molecule has 0 heterocycles. The van der Waals surface area contributed by atoms with E-state index in [1.54, 1.807) is 26.0 Å². The molecule has 0 N–H and O–H groups in total. The molecule has 0 spiro atoms. The lowest BCUT2D eigenvalue weighted by atomic mass is 10.2. The predicted molar refractivity (Wildman–Crippen MR) is 74.0 cm³/mol. The van der Waals surface area contributed by atoms with Crippen LogP contribution in [0.25, 0.3) is 0 Å². The highest BCUT2D eigenvalue weighted by molar-refractivity contribution is 9.10. The van der Waals surface area contributed by atoms with Crippen LogP contribution >= 0.6 is 27.5 Å². The van der Waals surface area contributed by atoms with Crippen LogP contribution in [-0.2, 0) is 10.0 Å². The zero-order valence-corrected chi connectivity index (χ0v) is 13.2. The van der Waals surface area contributed by atoms with Gasteiger partial charge < -0.3 is 0 Å². The number of nitrogens with zero attached hydrogens (tertiary/aromatic N) is 1. The monoisotopic (exact) mass is 339 g/mol. The van der Waals surface area contributed by atoms with Crippen molar-refractivity contribution in [2.75, 3.05) is 13.1 Å². The van der Waals surface area contributed by atoms with E-state index >= 15 is 0 Å². The Labute approximate surface area is 116 Å². The Bertz CT molecular complexity index is 512. The number of hydrogen-bond donors (Lipinski definition) is 0. The maximum atomic E-state index is 12.3. The smallest absolute Gasteiger partial charge is 0.207 e. The van der Waals surface area contributed by atoms with E-state index in [0.29, 0.717) is 13.1 Å². The fourth-order valence-corrected chi connectivity index (χ4v) is 4.05. The van der Waals surface area contributed by atoms with Crippen molar-refractivity contribution in [3.63, 3.8) is 0 Å². The summed E-state index contributed by atoms with van der Waals surface area (Å²) in [5.41, 5.74) is 0.847. The Morgan fingerprint density at radius 2 is 1.82 bits per heavy atom. The zero-order valence-electron chi connectivity index (χ0n) is 10.00. The lowest BCUT2D eigenvalue weighted by Gasteiger charge is -2.19. The van der Waals surface area contributed by atoms with Crippen LogP contribution in [0.15, 0.2) is 21.5 Å². The van der Waals surface area contributed by atoms with Crippen LogP contribution in [0.1, 0.15) is 19.4 Å². The molecule has 0 saturated heterocycles. The summed E-state index contributed by atoms with van der Waals surface area (Å²) in [7, 11) is -3.49. The molecule has 0 fully saturated rings. The van der Waals surface area contributed by atoms with Crippen molar-refractivity contribution >= 4 is 37.6 Å². The highest BCUT2D eigenvalue weighted by atomic mass is 79.9. The van der Waals surface area contributed by atoms with Crippen molar-refractivity contribution in [3.8, 4) is 0 Å². The third-order valence-corrected chi connectivity index (χ3v) is 5.91. The van der Waals surface area contributed by atoms with Crippen LogP contribution in [-0.4, -0.2) is 25.8 Å². The Hall–Kier alpha value is -0.100. The summed E-state index contributed by atoms with van der Waals surface area (Å²) in [5.74, 6) is 0. The summed E-state index contributed by atoms with van der Waals surface area (Å²) in [5, 5.41) is 0.245. The van der Waals surface area contributed by atoms with Crippen LogP contribution in [0.2, 0.25) is 5.02 Å². The highest BCUT2D eigenvalue weighted by Gasteiger charge is 2.24. The third-order valence-electron chi connectivity index (χ3n) is 2.54. The molecule has 0 unspecified atom stereocenters. The molecule has 17 heavy (non-hydrogen) atoms. The van der Waals surface area contributed by atoms with E-state index in [-0.39, 0.29) is 9.92 Å². The van der Waals surface area contributed by atoms with E-state index in [9.17, 15) is 8.42 Å². The van der Waals surface area contributed by atoms with Crippen molar-refractivity contribution in [1.29, 1.82) is 0 Å². The first-order valence-electron chi connectivity index (χ1n) is 5.30. The van der Waals surface area contributed by atoms with Crippen molar-refractivity contribution in [1.82, 2.24) is 4.31 Å². The van der Waals surface area contributed by atoms with Gasteiger partial charge >= 0.3 is 0 Å². The molecule has 96 valence electrons. The number of halogens is 2. The molecule has 1 rings (SSSR count). The minimum Gasteiger partial charge on any atom is -0.207 e. The molecule has 0 saturated carbocycles. The maximum absolute atomic E-state index is 12.3. The lowest BCUT2D eigenvalue weighted by Crippen LogP contribution is -2.30. The Balaban J connectivity index is 3.38. The van der Waals surface area contributed by atoms with Crippen molar-refractivity contribution in [2.45, 2.75) is 25.7 Å². The van der Waals surface area contributed by atoms with Gasteiger partial charge in [0.1, 0.15) is 4.90 Å². The summed E-state index contributed by atoms with van der Waals surface area (Å²) >= 11 is 9.33. The van der Waals surface area contributed by atoms with Crippen molar-refractivity contribution in [3.05, 3.63) is 27.2 Å². The molecule has 0 radical (unpaired) electrons. The van der Waals surface area contributed by atoms with Crippen molar-refractivity contribution in [2.24, 2.45) is 0 Å². The summed E-state index contributed by atoms with van der Waals surface area (Å²) in [6.07, 6.45) is 0. The first kappa shape index (κ1) is 15.0. The van der Waals surface area contributed by atoms with E-state index < -0.39 is 10.0 Å². The van der Waals surface area contributed by atoms with Crippen LogP contribution in [0.4, 0.5) is 0 Å². The topological polar surface area (TPSA) is 37.4 Å². The summed E-state index contributed by atoms with van der Waals surface area (Å²) in [4.78, 5) is 0.170. The largest absolute Gasteiger partial charge is 0.244 e. The predicted octanol–water partition coefficient (Wildman–Crippen LogP) is 3.44. The van der Waals surface area contributed by atoms with Gasteiger partial charge in [-0.25, -0.2) is 8.42 Å². The summed E-state index contributed by atoms with van der Waals surface area (Å²) in [6.45, 7) is 6.32. The number of hydrogen-bond acceptors (Lipinski definition) is 2. The van der Waals surface area contributed by atoms with Gasteiger partial charge in [-0.15, -0.1) is 0 Å². The normalized spacial score (nSPS) is 12.1. The van der Waals surface area contributed by atoms with Gasteiger partial charge in [0.25, 0.3) is 0 Å². The van der Waals surface area contributed by atoms with Gasteiger partial charge in [-0.3, -0.25) is 0 Å². The molecule has 0 bridgehead atoms. The van der Waals surface area contributed by atoms with E-state index in [2.05, 4.69) is 15.9 Å². The zero-order chi connectivity index (χ0) is 13.2. The molecule has 0 aliphatic heterocycles. The van der Waals surface area contributed by atoms with Gasteiger partial charge in [0.15, 0.2) is 0 Å². The van der Waals surface area contributed by atoms with Gasteiger partial charge in [0.05, 0.1) is 5.02 Å². The lowest BCUT2D eigenvalue weighted by molar-refractivity contribution is 0.445. The average Bonchev–Trinajstić information content (AvgIpc) is 2.24. The van der Waals surface area contributed by atoms with Crippen LogP contribution in [0, 0.1) is 6.92 Å². The van der Waals surface area contributed by atoms with Crippen molar-refractivity contribution < 1.29 is 8.42 Å². The fraction of sp³-hybridized carbons (Fsp3) is 0.455. The van der Waals surface area contributed by atoms with Gasteiger partial charge in [-0.05, 0) is 24.6 Å². The number of rotatable bonds is 4. The minimum atomic E-state index is -3.49. The van der Waals surface area contributed by atoms with Gasteiger partial charge in [0, 0.05) is 17.6 Å². The Morgan fingerprint density at radius 1 is 1.29 bits per heavy atom. The second kappa shape index (κ2) is 5.69. The second-order valence-corrected chi connectivity index (χ2v) is 6.79. The molecular formula is C11H15BrClNO2S. The molecule has 1 aromatic carbocycles. The second-order valence-electron chi connectivity index (χ2n) is 3.62. The fourth-order valence-electron chi connectivity index (χ4n) is 1.53. The first-order valence-corrected chi connectivity index (χ1v) is 7.91. The highest BCUT2D eigenvalue weighted by Crippen LogP contribution is 2.30. The van der Waals surface area contributed by atoms with Crippen LogP contribution < -0.4 is 0 Å². The van der Waals surface area contributed by atoms with Gasteiger partial charge in [-0.2, -0.15) is 4.31 Å². The molecule has 0 aromatic heterocycles. The van der Waals surface area contributed by atoms with Gasteiger partial charge in [0.2, 0.25) is 10.0 Å². The van der Waals surface area contributed by atoms with Gasteiger partial charge in [-0.1, -0.05) is 41.4 Å². The molecule has 1 aromatic rings. The maximum Gasteiger partial charge on any atom is 0.244 e. The Kier molecular flexibility index (Phi) is 5.01. The Morgan fingerprint density at radius 3 is 2.29 bits per heavy atom. The molecule has 0 atom stereocenters. The number of benzene rings is 1. The quantitative estimate of drug-likeness (QED) is 0.842. The molecular weight excluding hydrogens is 326 g/mol. The van der Waals surface area contributed by atoms with E-state index in [4.69, 9.17) is 11.6 Å². The van der Waals surface area contributed by atoms with E-state index in [1.165, 1.54) is 4.31 Å². The first-order chi connectivity index (χ1) is 7.84. The molecule has 6 heteroatoms. The minimum absolute atomic E-state index is 0.170. The number of aryl methyl sites for hydroxylation is 1. The third kappa shape index (κ3) is 3.02. The molecule has 3 nitrogen and oxygen atoms in total. The molecule has 0 aliphatic rings. The van der Waals surface area contributed by atoms with E-state index in [0.717, 1.165) is 10.0 Å². The standard InChI is InChI=1S/C11H15BrClNO2S/c1-4-14(5-2)17(15,16)11-6-8(3)9(12)7-10(11)13/h6-7H,4-5H2,1-3H3. The van der Waals surface area contributed by atoms with E-state index in [1.807, 2.05) is 6.92 Å². The van der Waals surface area contributed by atoms with Crippen LogP contribution in [0.3, 0.4) is 0 Å². The summed E-state index contributed by atoms with van der Waals surface area (Å²) < 4.78 is 26.8. The SMILES string of the molecule is CCN(CC)S(=O)(=O)c1cc(C)c(Br)cc1Cl. The molecule has 0 aliphatic carbocycles.